The van der Waals surface area contributed by atoms with E-state index >= 15 is 0 Å². The summed E-state index contributed by atoms with van der Waals surface area (Å²) in [5, 5.41) is 20.5. The number of rotatable bonds is 6. The third kappa shape index (κ3) is 7.01. The maximum atomic E-state index is 11.5. The van der Waals surface area contributed by atoms with Gasteiger partial charge in [0, 0.05) is 12.1 Å². The van der Waals surface area contributed by atoms with Crippen molar-refractivity contribution in [1.82, 2.24) is 0 Å². The van der Waals surface area contributed by atoms with Crippen LogP contribution in [0.5, 0.6) is 0 Å². The number of nitrogens with zero attached hydrogens (tertiary/aromatic N) is 2. The smallest absolute Gasteiger partial charge is 0.282 e. The highest BCUT2D eigenvalue weighted by Crippen LogP contribution is 2.27. The van der Waals surface area contributed by atoms with E-state index in [-0.39, 0.29) is 5.56 Å². The molecule has 0 fully saturated rings. The first kappa shape index (κ1) is 26.3. The average molecular weight is 508 g/mol. The van der Waals surface area contributed by atoms with Crippen molar-refractivity contribution >= 4 is 43.8 Å². The highest BCUT2D eigenvalue weighted by Gasteiger charge is 2.26. The van der Waals surface area contributed by atoms with E-state index in [2.05, 4.69) is 0 Å². The second-order valence-electron chi connectivity index (χ2n) is 6.37. The molecule has 3 aromatic rings. The summed E-state index contributed by atoms with van der Waals surface area (Å²) in [5.41, 5.74) is -0.271. The van der Waals surface area contributed by atoms with E-state index in [0.29, 0.717) is 0 Å². The van der Waals surface area contributed by atoms with Crippen molar-refractivity contribution in [2.24, 2.45) is 0 Å². The summed E-state index contributed by atoms with van der Waals surface area (Å²) in [6.45, 7) is 0. The lowest BCUT2D eigenvalue weighted by atomic mass is 10.1. The zero-order valence-electron chi connectivity index (χ0n) is 17.0. The Balaban J connectivity index is 0.000000287. The van der Waals surface area contributed by atoms with Crippen LogP contribution in [0, 0.1) is 20.2 Å². The largest absolute Gasteiger partial charge is 0.346 e. The molecule has 0 aliphatic rings. The molecule has 34 heavy (non-hydrogen) atoms. The van der Waals surface area contributed by atoms with Crippen LogP contribution in [0.1, 0.15) is 11.1 Å². The molecule has 0 saturated heterocycles. The molecule has 0 spiro atoms. The lowest BCUT2D eigenvalue weighted by Crippen LogP contribution is -2.10. The fourth-order valence-corrected chi connectivity index (χ4v) is 4.66. The summed E-state index contributed by atoms with van der Waals surface area (Å²) in [4.78, 5) is 17.2. The topological polar surface area (TPSA) is 195 Å². The van der Waals surface area contributed by atoms with Crippen molar-refractivity contribution in [3.8, 4) is 0 Å². The molecule has 178 valence electrons. The number of nitro benzene ring substituents is 2. The molecule has 0 aromatic heterocycles. The van der Waals surface area contributed by atoms with Crippen LogP contribution in [0.3, 0.4) is 0 Å². The summed E-state index contributed by atoms with van der Waals surface area (Å²) in [6.07, 6.45) is 2.89. The van der Waals surface area contributed by atoms with Gasteiger partial charge >= 0.3 is 11.4 Å². The lowest BCUT2D eigenvalue weighted by Gasteiger charge is -2.07. The predicted octanol–water partition coefficient (Wildman–Crippen LogP) is 3.85. The maximum absolute atomic E-state index is 11.5. The Morgan fingerprint density at radius 3 is 1.59 bits per heavy atom. The van der Waals surface area contributed by atoms with Crippen molar-refractivity contribution in [2.45, 2.75) is 9.79 Å². The highest BCUT2D eigenvalue weighted by atomic mass is 32.2. The third-order valence-corrected chi connectivity index (χ3v) is 6.07. The van der Waals surface area contributed by atoms with Crippen LogP contribution in [0.25, 0.3) is 12.2 Å². The average Bonchev–Trinajstić information content (AvgIpc) is 2.77. The molecule has 3 aromatic carbocycles. The number of hydrogen-bond donors (Lipinski definition) is 2. The van der Waals surface area contributed by atoms with Gasteiger partial charge in [0.1, 0.15) is 9.79 Å². The molecule has 14 heteroatoms. The monoisotopic (exact) mass is 508 g/mol. The van der Waals surface area contributed by atoms with Crippen LogP contribution in [0.4, 0.5) is 11.4 Å². The van der Waals surface area contributed by atoms with Crippen LogP contribution in [-0.4, -0.2) is 35.8 Å². The van der Waals surface area contributed by atoms with Gasteiger partial charge in [-0.25, -0.2) is 0 Å². The minimum Gasteiger partial charge on any atom is -0.282 e. The van der Waals surface area contributed by atoms with E-state index in [0.717, 1.165) is 23.8 Å². The Morgan fingerprint density at radius 2 is 1.15 bits per heavy atom. The molecule has 2 N–H and O–H groups in total. The Hall–Kier alpha value is -3.98. The van der Waals surface area contributed by atoms with Crippen LogP contribution < -0.4 is 0 Å². The maximum Gasteiger partial charge on any atom is 0.346 e. The van der Waals surface area contributed by atoms with E-state index in [9.17, 15) is 41.6 Å². The molecular weight excluding hydrogens is 492 g/mol. The molecule has 0 amide bonds. The van der Waals surface area contributed by atoms with Crippen molar-refractivity contribution in [2.75, 3.05) is 0 Å². The predicted molar refractivity (Wildman–Crippen MR) is 121 cm³/mol. The van der Waals surface area contributed by atoms with Crippen molar-refractivity contribution < 1.29 is 35.8 Å². The van der Waals surface area contributed by atoms with Crippen molar-refractivity contribution in [1.29, 1.82) is 0 Å². The van der Waals surface area contributed by atoms with Gasteiger partial charge in [0.15, 0.2) is 0 Å². The summed E-state index contributed by atoms with van der Waals surface area (Å²) < 4.78 is 63.9. The quantitative estimate of drug-likeness (QED) is 0.213. The van der Waals surface area contributed by atoms with Gasteiger partial charge in [-0.15, -0.1) is 0 Å². The van der Waals surface area contributed by atoms with E-state index in [1.807, 2.05) is 0 Å². The third-order valence-electron chi connectivity index (χ3n) is 4.08. The summed E-state index contributed by atoms with van der Waals surface area (Å²) in [5.74, 6) is 0. The minimum absolute atomic E-state index is 0.0542. The first-order valence-corrected chi connectivity index (χ1v) is 11.9. The zero-order chi connectivity index (χ0) is 25.5. The molecule has 0 aliphatic heterocycles. The Bertz CT molecular complexity index is 1420. The Morgan fingerprint density at radius 1 is 0.647 bits per heavy atom. The Labute approximate surface area is 193 Å². The van der Waals surface area contributed by atoms with Gasteiger partial charge < -0.3 is 0 Å². The van der Waals surface area contributed by atoms with Crippen LogP contribution in [0.2, 0.25) is 0 Å². The van der Waals surface area contributed by atoms with Gasteiger partial charge in [0.05, 0.1) is 9.85 Å². The number of para-hydroxylation sites is 2. The van der Waals surface area contributed by atoms with Crippen LogP contribution in [-0.2, 0) is 20.2 Å². The molecule has 0 radical (unpaired) electrons. The minimum atomic E-state index is -4.84. The van der Waals surface area contributed by atoms with Crippen molar-refractivity contribution in [3.05, 3.63) is 104 Å². The number of nitro groups is 2. The second kappa shape index (κ2) is 10.8. The fraction of sp³-hybridized carbons (Fsp3) is 0. The molecule has 0 heterocycles. The Kier molecular flexibility index (Phi) is 8.31. The summed E-state index contributed by atoms with van der Waals surface area (Å²) >= 11 is 0. The molecule has 0 saturated carbocycles. The fourth-order valence-electron chi connectivity index (χ4n) is 2.67. The van der Waals surface area contributed by atoms with Gasteiger partial charge in [-0.2, -0.15) is 16.8 Å². The SMILES string of the molecule is O=S(=O)(O)c1cccc(C=Cc2ccccc2)c1S(=O)(=O)O.O=[N+]([O-])c1ccccc1[N+](=O)[O-]. The van der Waals surface area contributed by atoms with E-state index < -0.39 is 51.2 Å². The lowest BCUT2D eigenvalue weighted by molar-refractivity contribution is -0.422. The molecule has 0 bridgehead atoms. The van der Waals surface area contributed by atoms with Gasteiger partial charge in [-0.1, -0.05) is 66.7 Å². The summed E-state index contributed by atoms with van der Waals surface area (Å²) in [7, 11) is -9.64. The van der Waals surface area contributed by atoms with Gasteiger partial charge in [0.25, 0.3) is 20.2 Å². The molecule has 0 aliphatic carbocycles. The zero-order valence-corrected chi connectivity index (χ0v) is 18.6. The van der Waals surface area contributed by atoms with Gasteiger partial charge in [-0.3, -0.25) is 29.3 Å². The van der Waals surface area contributed by atoms with Crippen LogP contribution >= 0.6 is 0 Å². The van der Waals surface area contributed by atoms with E-state index in [1.54, 1.807) is 36.4 Å². The van der Waals surface area contributed by atoms with E-state index in [4.69, 9.17) is 4.55 Å². The van der Waals surface area contributed by atoms with Gasteiger partial charge in [-0.05, 0) is 17.2 Å². The standard InChI is InChI=1S/C14H12O6S2.C6H4N2O4/c15-21(16,17)13-8-4-7-12(14(13)22(18,19)20)10-9-11-5-2-1-3-6-11;9-7(10)5-3-1-2-4-6(5)8(11)12/h1-10H,(H,15,16,17)(H,18,19,20);1-4H. The molecule has 12 nitrogen and oxygen atoms in total. The van der Waals surface area contributed by atoms with E-state index in [1.165, 1.54) is 30.3 Å². The normalized spacial score (nSPS) is 11.5. The van der Waals surface area contributed by atoms with Gasteiger partial charge in [0.2, 0.25) is 0 Å². The first-order chi connectivity index (χ1) is 15.8. The molecule has 0 unspecified atom stereocenters. The van der Waals surface area contributed by atoms with Crippen LogP contribution in [0.15, 0.2) is 82.6 Å². The number of hydrogen-bond acceptors (Lipinski definition) is 8. The molecule has 0 atom stereocenters. The summed E-state index contributed by atoms with van der Waals surface area (Å²) in [6, 6.07) is 17.3. The first-order valence-electron chi connectivity index (χ1n) is 9.01. The molecule has 3 rings (SSSR count). The molecular formula is C20H16N2O10S2. The van der Waals surface area contributed by atoms with Crippen molar-refractivity contribution in [3.63, 3.8) is 0 Å². The number of benzene rings is 3. The second-order valence-corrected chi connectivity index (χ2v) is 9.12. The highest BCUT2D eigenvalue weighted by molar-refractivity contribution is 7.89.